The highest BCUT2D eigenvalue weighted by Crippen LogP contribution is 2.31. The van der Waals surface area contributed by atoms with Gasteiger partial charge in [0.25, 0.3) is 0 Å². The summed E-state index contributed by atoms with van der Waals surface area (Å²) in [5.41, 5.74) is -0.967. The molecule has 1 aromatic rings. The molecule has 0 spiro atoms. The zero-order chi connectivity index (χ0) is 10.8. The van der Waals surface area contributed by atoms with Crippen LogP contribution in [0.3, 0.4) is 0 Å². The first-order chi connectivity index (χ1) is 6.45. The molecule has 0 aromatic carbocycles. The van der Waals surface area contributed by atoms with Gasteiger partial charge in [-0.05, 0) is 6.07 Å². The van der Waals surface area contributed by atoms with Crippen LogP contribution >= 0.6 is 0 Å². The average Bonchev–Trinajstić information content (AvgIpc) is 2.15. The molecule has 1 heterocycles. The molecule has 0 bridgehead atoms. The van der Waals surface area contributed by atoms with Gasteiger partial charge in [0.1, 0.15) is 0 Å². The van der Waals surface area contributed by atoms with E-state index in [-0.39, 0.29) is 11.4 Å². The lowest BCUT2D eigenvalue weighted by molar-refractivity contribution is -0.0686. The summed E-state index contributed by atoms with van der Waals surface area (Å²) in [6, 6.07) is 2.62. The van der Waals surface area contributed by atoms with Crippen molar-refractivity contribution >= 4 is 5.57 Å². The Morgan fingerprint density at radius 3 is 2.43 bits per heavy atom. The molecule has 0 aliphatic carbocycles. The summed E-state index contributed by atoms with van der Waals surface area (Å²) in [5, 5.41) is 0. The average molecular weight is 203 g/mol. The van der Waals surface area contributed by atoms with E-state index in [0.29, 0.717) is 0 Å². The largest absolute Gasteiger partial charge is 0.481 e. The monoisotopic (exact) mass is 203 g/mol. The second-order valence-corrected chi connectivity index (χ2v) is 2.57. The van der Waals surface area contributed by atoms with Gasteiger partial charge in [-0.25, -0.2) is 4.98 Å². The van der Waals surface area contributed by atoms with Gasteiger partial charge >= 0.3 is 6.18 Å². The zero-order valence-electron chi connectivity index (χ0n) is 7.43. The standard InChI is InChI=1S/C9H8F3NO/c1-6(9(10,11)12)7-3-4-8(14-2)13-5-7/h3-5H,1H2,2H3. The predicted molar refractivity (Wildman–Crippen MR) is 45.9 cm³/mol. The third-order valence-corrected chi connectivity index (χ3v) is 1.64. The quantitative estimate of drug-likeness (QED) is 0.737. The van der Waals surface area contributed by atoms with Gasteiger partial charge in [0, 0.05) is 17.8 Å². The van der Waals surface area contributed by atoms with Gasteiger partial charge in [0.15, 0.2) is 0 Å². The van der Waals surface area contributed by atoms with Crippen molar-refractivity contribution in [3.05, 3.63) is 30.5 Å². The van der Waals surface area contributed by atoms with Gasteiger partial charge in [-0.3, -0.25) is 0 Å². The number of methoxy groups -OCH3 is 1. The minimum Gasteiger partial charge on any atom is -0.481 e. The Kier molecular flexibility index (Phi) is 2.78. The summed E-state index contributed by atoms with van der Waals surface area (Å²) in [5.74, 6) is 0.267. The van der Waals surface area contributed by atoms with Crippen LogP contribution in [0.5, 0.6) is 5.88 Å². The first-order valence-corrected chi connectivity index (χ1v) is 3.71. The first-order valence-electron chi connectivity index (χ1n) is 3.71. The molecule has 0 atom stereocenters. The van der Waals surface area contributed by atoms with Gasteiger partial charge in [0.2, 0.25) is 5.88 Å². The third kappa shape index (κ3) is 2.25. The van der Waals surface area contributed by atoms with Gasteiger partial charge in [-0.1, -0.05) is 6.58 Å². The number of rotatable bonds is 2. The van der Waals surface area contributed by atoms with Crippen molar-refractivity contribution in [2.45, 2.75) is 6.18 Å². The van der Waals surface area contributed by atoms with E-state index in [2.05, 4.69) is 11.6 Å². The highest BCUT2D eigenvalue weighted by Gasteiger charge is 2.32. The van der Waals surface area contributed by atoms with Crippen LogP contribution in [0.15, 0.2) is 24.9 Å². The van der Waals surface area contributed by atoms with Crippen LogP contribution < -0.4 is 4.74 Å². The smallest absolute Gasteiger partial charge is 0.416 e. The number of aromatic nitrogens is 1. The van der Waals surface area contributed by atoms with Crippen molar-refractivity contribution in [1.82, 2.24) is 4.98 Å². The lowest BCUT2D eigenvalue weighted by Gasteiger charge is -2.09. The number of hydrogen-bond donors (Lipinski definition) is 0. The number of alkyl halides is 3. The SMILES string of the molecule is C=C(c1ccc(OC)nc1)C(F)(F)F. The van der Waals surface area contributed by atoms with Gasteiger partial charge in [0.05, 0.1) is 12.7 Å². The van der Waals surface area contributed by atoms with E-state index in [1.807, 2.05) is 0 Å². The van der Waals surface area contributed by atoms with Crippen molar-refractivity contribution in [3.63, 3.8) is 0 Å². The molecule has 5 heteroatoms. The molecule has 2 nitrogen and oxygen atoms in total. The highest BCUT2D eigenvalue weighted by molar-refractivity contribution is 5.66. The summed E-state index contributed by atoms with van der Waals surface area (Å²) in [6.07, 6.45) is -3.34. The maximum Gasteiger partial charge on any atom is 0.416 e. The highest BCUT2D eigenvalue weighted by atomic mass is 19.4. The Hall–Kier alpha value is -1.52. The lowest BCUT2D eigenvalue weighted by atomic mass is 10.1. The molecule has 0 saturated heterocycles. The number of nitrogens with zero attached hydrogens (tertiary/aromatic N) is 1. The number of allylic oxidation sites excluding steroid dienone is 1. The Bertz CT molecular complexity index is 329. The minimum absolute atomic E-state index is 0.0571. The van der Waals surface area contributed by atoms with Crippen molar-refractivity contribution in [2.75, 3.05) is 7.11 Å². The summed E-state index contributed by atoms with van der Waals surface area (Å²) < 4.78 is 41.2. The Morgan fingerprint density at radius 2 is 2.07 bits per heavy atom. The Labute approximate surface area is 79.0 Å². The van der Waals surface area contributed by atoms with Crippen molar-refractivity contribution < 1.29 is 17.9 Å². The Morgan fingerprint density at radius 1 is 1.43 bits per heavy atom. The molecule has 1 rings (SSSR count). The molecule has 0 radical (unpaired) electrons. The molecular weight excluding hydrogens is 195 g/mol. The Balaban J connectivity index is 2.93. The topological polar surface area (TPSA) is 22.1 Å². The minimum atomic E-state index is -4.42. The molecule has 0 aliphatic rings. The first kappa shape index (κ1) is 10.6. The van der Waals surface area contributed by atoms with Crippen molar-refractivity contribution in [1.29, 1.82) is 0 Å². The van der Waals surface area contributed by atoms with E-state index in [4.69, 9.17) is 4.74 Å². The van der Waals surface area contributed by atoms with E-state index in [1.165, 1.54) is 19.2 Å². The van der Waals surface area contributed by atoms with Crippen LogP contribution in [-0.2, 0) is 0 Å². The van der Waals surface area contributed by atoms with Gasteiger partial charge < -0.3 is 4.74 Å². The van der Waals surface area contributed by atoms with Gasteiger partial charge in [-0.2, -0.15) is 13.2 Å². The molecule has 0 N–H and O–H groups in total. The maximum absolute atomic E-state index is 12.2. The van der Waals surface area contributed by atoms with Crippen LogP contribution in [0.4, 0.5) is 13.2 Å². The lowest BCUT2D eigenvalue weighted by Crippen LogP contribution is -2.09. The second-order valence-electron chi connectivity index (χ2n) is 2.57. The van der Waals surface area contributed by atoms with Crippen molar-refractivity contribution in [2.24, 2.45) is 0 Å². The van der Waals surface area contributed by atoms with Gasteiger partial charge in [-0.15, -0.1) is 0 Å². The fraction of sp³-hybridized carbons (Fsp3) is 0.222. The van der Waals surface area contributed by atoms with Crippen LogP contribution in [0.1, 0.15) is 5.56 Å². The summed E-state index contributed by atoms with van der Waals surface area (Å²) in [4.78, 5) is 3.65. The molecular formula is C9H8F3NO. The van der Waals surface area contributed by atoms with E-state index >= 15 is 0 Å². The molecule has 0 aliphatic heterocycles. The van der Waals surface area contributed by atoms with Crippen LogP contribution in [-0.4, -0.2) is 18.3 Å². The van der Waals surface area contributed by atoms with E-state index in [0.717, 1.165) is 6.20 Å². The maximum atomic E-state index is 12.2. The van der Waals surface area contributed by atoms with Crippen LogP contribution in [0.25, 0.3) is 5.57 Å². The molecule has 14 heavy (non-hydrogen) atoms. The molecule has 1 aromatic heterocycles. The summed E-state index contributed by atoms with van der Waals surface area (Å²) >= 11 is 0. The number of halogens is 3. The predicted octanol–water partition coefficient (Wildman–Crippen LogP) is 2.67. The van der Waals surface area contributed by atoms with Crippen molar-refractivity contribution in [3.8, 4) is 5.88 Å². The number of hydrogen-bond acceptors (Lipinski definition) is 2. The zero-order valence-corrected chi connectivity index (χ0v) is 7.43. The summed E-state index contributed by atoms with van der Waals surface area (Å²) in [7, 11) is 1.39. The normalized spacial score (nSPS) is 11.1. The van der Waals surface area contributed by atoms with E-state index < -0.39 is 11.7 Å². The summed E-state index contributed by atoms with van der Waals surface area (Å²) in [6.45, 7) is 2.95. The van der Waals surface area contributed by atoms with E-state index in [9.17, 15) is 13.2 Å². The fourth-order valence-electron chi connectivity index (χ4n) is 0.843. The fourth-order valence-corrected chi connectivity index (χ4v) is 0.843. The second kappa shape index (κ2) is 3.69. The van der Waals surface area contributed by atoms with Crippen LogP contribution in [0.2, 0.25) is 0 Å². The molecule has 0 amide bonds. The van der Waals surface area contributed by atoms with E-state index in [1.54, 1.807) is 0 Å². The number of pyridine rings is 1. The molecule has 0 saturated carbocycles. The molecule has 0 unspecified atom stereocenters. The molecule has 0 fully saturated rings. The third-order valence-electron chi connectivity index (χ3n) is 1.64. The molecule has 76 valence electrons. The number of ether oxygens (including phenoxy) is 1. The van der Waals surface area contributed by atoms with Crippen LogP contribution in [0, 0.1) is 0 Å².